The molecule has 158 valence electrons. The van der Waals surface area contributed by atoms with E-state index in [9.17, 15) is 0 Å². The maximum absolute atomic E-state index is 5.97. The SMILES string of the molecule is COc1ccc(OC[C@@H]2CCCN(Cc3nc(COc4ccccc4)no3)C2)cc1. The third-order valence-corrected chi connectivity index (χ3v) is 5.13. The zero-order valence-electron chi connectivity index (χ0n) is 17.2. The molecule has 1 aliphatic rings. The predicted molar refractivity (Wildman–Crippen MR) is 112 cm³/mol. The molecule has 1 aliphatic heterocycles. The molecule has 1 atom stereocenters. The molecular formula is C23H27N3O4. The van der Waals surface area contributed by atoms with E-state index in [1.165, 1.54) is 0 Å². The largest absolute Gasteiger partial charge is 0.497 e. The smallest absolute Gasteiger partial charge is 0.240 e. The number of benzene rings is 2. The number of hydrogen-bond donors (Lipinski definition) is 0. The normalized spacial score (nSPS) is 16.9. The molecule has 30 heavy (non-hydrogen) atoms. The van der Waals surface area contributed by atoms with Gasteiger partial charge < -0.3 is 18.7 Å². The van der Waals surface area contributed by atoms with Crippen molar-refractivity contribution in [1.29, 1.82) is 0 Å². The Morgan fingerprint density at radius 1 is 1.00 bits per heavy atom. The predicted octanol–water partition coefficient (Wildman–Crippen LogP) is 3.95. The van der Waals surface area contributed by atoms with Gasteiger partial charge in [0.1, 0.15) is 17.2 Å². The summed E-state index contributed by atoms with van der Waals surface area (Å²) in [6.45, 7) is 3.62. The number of piperidine rings is 1. The molecule has 1 saturated heterocycles. The second-order valence-electron chi connectivity index (χ2n) is 7.44. The van der Waals surface area contributed by atoms with Gasteiger partial charge in [0.2, 0.25) is 11.7 Å². The topological polar surface area (TPSA) is 69.9 Å². The van der Waals surface area contributed by atoms with Crippen LogP contribution in [0.2, 0.25) is 0 Å². The minimum absolute atomic E-state index is 0.297. The first-order valence-corrected chi connectivity index (χ1v) is 10.3. The summed E-state index contributed by atoms with van der Waals surface area (Å²) in [5.41, 5.74) is 0. The molecule has 0 spiro atoms. The summed E-state index contributed by atoms with van der Waals surface area (Å²) < 4.78 is 22.2. The van der Waals surface area contributed by atoms with Crippen molar-refractivity contribution >= 4 is 0 Å². The van der Waals surface area contributed by atoms with Crippen LogP contribution in [0.25, 0.3) is 0 Å². The van der Waals surface area contributed by atoms with Crippen molar-refractivity contribution in [3.63, 3.8) is 0 Å². The number of nitrogens with zero attached hydrogens (tertiary/aromatic N) is 3. The molecule has 2 aromatic carbocycles. The van der Waals surface area contributed by atoms with Crippen LogP contribution in [0.5, 0.6) is 17.2 Å². The van der Waals surface area contributed by atoms with Crippen LogP contribution >= 0.6 is 0 Å². The van der Waals surface area contributed by atoms with Crippen LogP contribution in [-0.4, -0.2) is 41.8 Å². The zero-order valence-corrected chi connectivity index (χ0v) is 17.2. The highest BCUT2D eigenvalue weighted by atomic mass is 16.5. The molecule has 7 nitrogen and oxygen atoms in total. The number of methoxy groups -OCH3 is 1. The molecule has 0 radical (unpaired) electrons. The number of rotatable bonds is 9. The molecule has 7 heteroatoms. The van der Waals surface area contributed by atoms with E-state index in [4.69, 9.17) is 18.7 Å². The number of ether oxygens (including phenoxy) is 3. The Morgan fingerprint density at radius 3 is 2.57 bits per heavy atom. The molecule has 0 saturated carbocycles. The monoisotopic (exact) mass is 409 g/mol. The van der Waals surface area contributed by atoms with E-state index in [1.54, 1.807) is 7.11 Å². The third-order valence-electron chi connectivity index (χ3n) is 5.13. The third kappa shape index (κ3) is 5.73. The van der Waals surface area contributed by atoms with Gasteiger partial charge in [-0.05, 0) is 55.8 Å². The van der Waals surface area contributed by atoms with Crippen LogP contribution in [0.3, 0.4) is 0 Å². The molecule has 0 aliphatic carbocycles. The first-order chi connectivity index (χ1) is 14.8. The van der Waals surface area contributed by atoms with Crippen LogP contribution in [0.4, 0.5) is 0 Å². The average Bonchev–Trinajstić information content (AvgIpc) is 3.25. The molecule has 2 heterocycles. The van der Waals surface area contributed by atoms with Gasteiger partial charge in [-0.3, -0.25) is 4.90 Å². The lowest BCUT2D eigenvalue weighted by Gasteiger charge is -2.31. The Hall–Kier alpha value is -3.06. The molecule has 0 unspecified atom stereocenters. The quantitative estimate of drug-likeness (QED) is 0.530. The lowest BCUT2D eigenvalue weighted by molar-refractivity contribution is 0.115. The molecule has 1 aromatic heterocycles. The summed E-state index contributed by atoms with van der Waals surface area (Å²) in [5.74, 6) is 4.15. The molecule has 0 amide bonds. The fraction of sp³-hybridized carbons (Fsp3) is 0.391. The van der Waals surface area contributed by atoms with Crippen molar-refractivity contribution in [3.05, 3.63) is 66.3 Å². The highest BCUT2D eigenvalue weighted by Gasteiger charge is 2.22. The molecule has 0 bridgehead atoms. The lowest BCUT2D eigenvalue weighted by atomic mass is 9.99. The van der Waals surface area contributed by atoms with E-state index in [2.05, 4.69) is 15.0 Å². The second kappa shape index (κ2) is 10.1. The summed E-state index contributed by atoms with van der Waals surface area (Å²) in [5, 5.41) is 4.03. The van der Waals surface area contributed by atoms with Gasteiger partial charge in [0.25, 0.3) is 0 Å². The maximum atomic E-state index is 5.97. The first-order valence-electron chi connectivity index (χ1n) is 10.3. The van der Waals surface area contributed by atoms with Crippen molar-refractivity contribution in [2.24, 2.45) is 5.92 Å². The van der Waals surface area contributed by atoms with Crippen LogP contribution < -0.4 is 14.2 Å². The number of aromatic nitrogens is 2. The van der Waals surface area contributed by atoms with E-state index in [0.717, 1.165) is 43.2 Å². The zero-order chi connectivity index (χ0) is 20.6. The van der Waals surface area contributed by atoms with Gasteiger partial charge in [-0.15, -0.1) is 0 Å². The van der Waals surface area contributed by atoms with Gasteiger partial charge in [0.15, 0.2) is 6.61 Å². The van der Waals surface area contributed by atoms with Gasteiger partial charge in [0, 0.05) is 12.5 Å². The van der Waals surface area contributed by atoms with Crippen molar-refractivity contribution in [1.82, 2.24) is 15.0 Å². The number of likely N-dealkylation sites (tertiary alicyclic amines) is 1. The van der Waals surface area contributed by atoms with E-state index in [-0.39, 0.29) is 0 Å². The van der Waals surface area contributed by atoms with Crippen molar-refractivity contribution in [3.8, 4) is 17.2 Å². The summed E-state index contributed by atoms with van der Waals surface area (Å²) in [4.78, 5) is 6.81. The molecule has 0 N–H and O–H groups in total. The van der Waals surface area contributed by atoms with Gasteiger partial charge in [-0.2, -0.15) is 4.98 Å². The van der Waals surface area contributed by atoms with E-state index in [1.807, 2.05) is 54.6 Å². The Kier molecular flexibility index (Phi) is 6.82. The van der Waals surface area contributed by atoms with Crippen LogP contribution in [0.15, 0.2) is 59.1 Å². The fourth-order valence-electron chi connectivity index (χ4n) is 3.59. The van der Waals surface area contributed by atoms with Crippen LogP contribution in [0.1, 0.15) is 24.6 Å². The summed E-state index contributed by atoms with van der Waals surface area (Å²) in [6.07, 6.45) is 2.29. The van der Waals surface area contributed by atoms with Gasteiger partial charge in [-0.25, -0.2) is 0 Å². The van der Waals surface area contributed by atoms with Crippen molar-refractivity contribution < 1.29 is 18.7 Å². The molecular weight excluding hydrogens is 382 g/mol. The van der Waals surface area contributed by atoms with Crippen molar-refractivity contribution in [2.75, 3.05) is 26.8 Å². The van der Waals surface area contributed by atoms with Gasteiger partial charge >= 0.3 is 0 Å². The van der Waals surface area contributed by atoms with Gasteiger partial charge in [-0.1, -0.05) is 23.4 Å². The van der Waals surface area contributed by atoms with E-state index in [0.29, 0.717) is 37.4 Å². The lowest BCUT2D eigenvalue weighted by Crippen LogP contribution is -2.37. The van der Waals surface area contributed by atoms with E-state index < -0.39 is 0 Å². The highest BCUT2D eigenvalue weighted by molar-refractivity contribution is 5.31. The minimum atomic E-state index is 0.297. The summed E-state index contributed by atoms with van der Waals surface area (Å²) >= 11 is 0. The highest BCUT2D eigenvalue weighted by Crippen LogP contribution is 2.22. The number of para-hydroxylation sites is 1. The second-order valence-corrected chi connectivity index (χ2v) is 7.44. The Balaban J connectivity index is 1.23. The van der Waals surface area contributed by atoms with E-state index >= 15 is 0 Å². The number of hydrogen-bond acceptors (Lipinski definition) is 7. The summed E-state index contributed by atoms with van der Waals surface area (Å²) in [7, 11) is 1.66. The van der Waals surface area contributed by atoms with Crippen LogP contribution in [0, 0.1) is 5.92 Å². The molecule has 4 rings (SSSR count). The van der Waals surface area contributed by atoms with Crippen LogP contribution in [-0.2, 0) is 13.2 Å². The Morgan fingerprint density at radius 2 is 1.77 bits per heavy atom. The minimum Gasteiger partial charge on any atom is -0.497 e. The molecule has 1 fully saturated rings. The summed E-state index contributed by atoms with van der Waals surface area (Å²) in [6, 6.07) is 17.3. The van der Waals surface area contributed by atoms with Gasteiger partial charge in [0.05, 0.1) is 20.3 Å². The standard InChI is InChI=1S/C23H27N3O4/c1-27-19-9-11-21(12-10-19)28-16-18-6-5-13-26(14-18)15-23-24-22(25-30-23)17-29-20-7-3-2-4-8-20/h2-4,7-12,18H,5-6,13-17H2,1H3/t18-/m1/s1. The van der Waals surface area contributed by atoms with Crippen molar-refractivity contribution in [2.45, 2.75) is 26.0 Å². The maximum Gasteiger partial charge on any atom is 0.240 e. The fourth-order valence-corrected chi connectivity index (χ4v) is 3.59. The Labute approximate surface area is 176 Å². The average molecular weight is 409 g/mol. The first kappa shape index (κ1) is 20.2. The Bertz CT molecular complexity index is 898. The molecule has 3 aromatic rings.